The first-order chi connectivity index (χ1) is 12.2. The first kappa shape index (κ1) is 17.0. The summed E-state index contributed by atoms with van der Waals surface area (Å²) in [4.78, 5) is 12.1. The molecule has 0 aliphatic heterocycles. The van der Waals surface area contributed by atoms with Gasteiger partial charge in [0.25, 0.3) is 0 Å². The van der Waals surface area contributed by atoms with Crippen molar-refractivity contribution in [1.82, 2.24) is 14.8 Å². The molecule has 2 aromatic carbocycles. The second-order valence-electron chi connectivity index (χ2n) is 5.38. The summed E-state index contributed by atoms with van der Waals surface area (Å²) in [5.74, 6) is 0.587. The van der Waals surface area contributed by atoms with Gasteiger partial charge in [0.1, 0.15) is 0 Å². The summed E-state index contributed by atoms with van der Waals surface area (Å²) in [6.45, 7) is 0. The second-order valence-corrected chi connectivity index (χ2v) is 6.16. The minimum atomic E-state index is -0.177. The zero-order valence-electron chi connectivity index (χ0n) is 14.0. The number of anilines is 1. The Morgan fingerprint density at radius 2 is 1.92 bits per heavy atom. The van der Waals surface area contributed by atoms with Crippen LogP contribution in [0, 0.1) is 0 Å². The van der Waals surface area contributed by atoms with Gasteiger partial charge in [-0.05, 0) is 30.0 Å². The summed E-state index contributed by atoms with van der Waals surface area (Å²) >= 11 is 1.54. The van der Waals surface area contributed by atoms with Crippen molar-refractivity contribution >= 4 is 29.4 Å². The molecule has 0 atom stereocenters. The zero-order valence-corrected chi connectivity index (χ0v) is 14.8. The predicted molar refractivity (Wildman–Crippen MR) is 102 cm³/mol. The zero-order chi connectivity index (χ0) is 17.6. The maximum Gasteiger partial charge on any atom is 0.248 e. The van der Waals surface area contributed by atoms with Gasteiger partial charge in [0, 0.05) is 24.4 Å². The highest BCUT2D eigenvalue weighted by atomic mass is 32.2. The highest BCUT2D eigenvalue weighted by Gasteiger charge is 2.10. The maximum atomic E-state index is 12.1. The van der Waals surface area contributed by atoms with E-state index in [2.05, 4.69) is 15.5 Å². The van der Waals surface area contributed by atoms with Crippen LogP contribution in [-0.2, 0) is 11.8 Å². The van der Waals surface area contributed by atoms with Crippen molar-refractivity contribution in [3.8, 4) is 11.4 Å². The van der Waals surface area contributed by atoms with Gasteiger partial charge in [0.15, 0.2) is 11.0 Å². The largest absolute Gasteiger partial charge is 0.322 e. The van der Waals surface area contributed by atoms with E-state index in [1.807, 2.05) is 72.5 Å². The first-order valence-electron chi connectivity index (χ1n) is 7.75. The Balaban J connectivity index is 1.74. The highest BCUT2D eigenvalue weighted by Crippen LogP contribution is 2.23. The normalized spacial score (nSPS) is 11.0. The number of rotatable bonds is 5. The van der Waals surface area contributed by atoms with E-state index in [4.69, 9.17) is 0 Å². The molecule has 1 amide bonds. The third kappa shape index (κ3) is 4.16. The van der Waals surface area contributed by atoms with E-state index in [1.165, 1.54) is 6.08 Å². The van der Waals surface area contributed by atoms with Crippen LogP contribution in [-0.4, -0.2) is 26.9 Å². The fourth-order valence-corrected chi connectivity index (χ4v) is 2.88. The van der Waals surface area contributed by atoms with Gasteiger partial charge >= 0.3 is 0 Å². The fourth-order valence-electron chi connectivity index (χ4n) is 2.40. The number of aromatic nitrogens is 3. The minimum absolute atomic E-state index is 0.177. The minimum Gasteiger partial charge on any atom is -0.322 e. The molecule has 5 nitrogen and oxygen atoms in total. The molecule has 1 aromatic heterocycles. The molecule has 0 spiro atoms. The van der Waals surface area contributed by atoms with Gasteiger partial charge < -0.3 is 9.88 Å². The molecule has 0 saturated heterocycles. The predicted octanol–water partition coefficient (Wildman–Crippen LogP) is 3.86. The summed E-state index contributed by atoms with van der Waals surface area (Å²) in [7, 11) is 1.93. The molecule has 0 radical (unpaired) electrons. The van der Waals surface area contributed by atoms with Crippen LogP contribution in [0.25, 0.3) is 17.5 Å². The number of hydrogen-bond acceptors (Lipinski definition) is 4. The number of thioether (sulfide) groups is 1. The highest BCUT2D eigenvalue weighted by molar-refractivity contribution is 7.98. The summed E-state index contributed by atoms with van der Waals surface area (Å²) in [6, 6.07) is 17.3. The van der Waals surface area contributed by atoms with Crippen molar-refractivity contribution < 1.29 is 4.79 Å². The Morgan fingerprint density at radius 1 is 1.12 bits per heavy atom. The monoisotopic (exact) mass is 350 g/mol. The first-order valence-corrected chi connectivity index (χ1v) is 8.98. The molecule has 0 aliphatic carbocycles. The van der Waals surface area contributed by atoms with E-state index in [1.54, 1.807) is 17.8 Å². The van der Waals surface area contributed by atoms with Crippen LogP contribution in [0.15, 0.2) is 65.8 Å². The molecular formula is C19H18N4OS. The number of benzene rings is 2. The molecule has 126 valence electrons. The van der Waals surface area contributed by atoms with Crippen LogP contribution in [0.5, 0.6) is 0 Å². The van der Waals surface area contributed by atoms with Crippen molar-refractivity contribution in [3.05, 3.63) is 66.2 Å². The van der Waals surface area contributed by atoms with E-state index in [9.17, 15) is 4.79 Å². The van der Waals surface area contributed by atoms with E-state index >= 15 is 0 Å². The molecule has 25 heavy (non-hydrogen) atoms. The molecule has 0 aliphatic rings. The lowest BCUT2D eigenvalue weighted by atomic mass is 10.2. The molecule has 0 unspecified atom stereocenters. The Bertz CT molecular complexity index is 903. The van der Waals surface area contributed by atoms with E-state index < -0.39 is 0 Å². The third-order valence-electron chi connectivity index (χ3n) is 3.63. The molecular weight excluding hydrogens is 332 g/mol. The molecule has 1 heterocycles. The summed E-state index contributed by atoms with van der Waals surface area (Å²) in [5, 5.41) is 12.1. The average Bonchev–Trinajstić information content (AvgIpc) is 3.02. The number of hydrogen-bond donors (Lipinski definition) is 1. The van der Waals surface area contributed by atoms with Gasteiger partial charge in [-0.25, -0.2) is 0 Å². The molecule has 6 heteroatoms. The summed E-state index contributed by atoms with van der Waals surface area (Å²) < 4.78 is 1.93. The van der Waals surface area contributed by atoms with Crippen molar-refractivity contribution in [2.45, 2.75) is 5.16 Å². The number of nitrogens with zero attached hydrogens (tertiary/aromatic N) is 3. The van der Waals surface area contributed by atoms with Gasteiger partial charge in [0.2, 0.25) is 5.91 Å². The molecule has 0 fully saturated rings. The third-order valence-corrected chi connectivity index (χ3v) is 4.35. The van der Waals surface area contributed by atoms with Gasteiger partial charge in [-0.15, -0.1) is 10.2 Å². The lowest BCUT2D eigenvalue weighted by Crippen LogP contribution is -2.07. The fraction of sp³-hybridized carbons (Fsp3) is 0.105. The number of nitrogens with one attached hydrogen (secondary N) is 1. The van der Waals surface area contributed by atoms with E-state index in [0.29, 0.717) is 5.69 Å². The number of carbonyl (C=O) groups is 1. The smallest absolute Gasteiger partial charge is 0.248 e. The van der Waals surface area contributed by atoms with E-state index in [0.717, 1.165) is 22.1 Å². The molecule has 3 rings (SSSR count). The topological polar surface area (TPSA) is 59.8 Å². The Hall–Kier alpha value is -2.86. The van der Waals surface area contributed by atoms with Crippen molar-refractivity contribution in [2.24, 2.45) is 7.05 Å². The van der Waals surface area contributed by atoms with Crippen LogP contribution < -0.4 is 5.32 Å². The van der Waals surface area contributed by atoms with E-state index in [-0.39, 0.29) is 5.91 Å². The Kier molecular flexibility index (Phi) is 5.30. The van der Waals surface area contributed by atoms with Gasteiger partial charge in [-0.1, -0.05) is 54.2 Å². The van der Waals surface area contributed by atoms with Crippen molar-refractivity contribution in [3.63, 3.8) is 0 Å². The Morgan fingerprint density at radius 3 is 2.64 bits per heavy atom. The van der Waals surface area contributed by atoms with Crippen LogP contribution in [0.2, 0.25) is 0 Å². The lowest BCUT2D eigenvalue weighted by molar-refractivity contribution is -0.111. The summed E-state index contributed by atoms with van der Waals surface area (Å²) in [5.41, 5.74) is 2.60. The van der Waals surface area contributed by atoms with Gasteiger partial charge in [-0.2, -0.15) is 0 Å². The molecule has 3 aromatic rings. The van der Waals surface area contributed by atoms with Crippen molar-refractivity contribution in [1.29, 1.82) is 0 Å². The molecule has 0 bridgehead atoms. The summed E-state index contributed by atoms with van der Waals surface area (Å²) in [6.07, 6.45) is 5.27. The van der Waals surface area contributed by atoms with Crippen LogP contribution in [0.1, 0.15) is 5.56 Å². The lowest BCUT2D eigenvalue weighted by Gasteiger charge is -2.06. The second kappa shape index (κ2) is 7.81. The SMILES string of the molecule is CSc1nnc(-c2cccc(NC(=O)/C=C\c3ccccc3)c2)n1C. The number of carbonyl (C=O) groups excluding carboxylic acids is 1. The number of amides is 1. The van der Waals surface area contributed by atoms with Gasteiger partial charge in [0.05, 0.1) is 0 Å². The molecule has 1 N–H and O–H groups in total. The Labute approximate surface area is 150 Å². The maximum absolute atomic E-state index is 12.1. The van der Waals surface area contributed by atoms with Crippen LogP contribution >= 0.6 is 11.8 Å². The standard InChI is InChI=1S/C19H18N4OS/c1-23-18(21-22-19(23)25-2)15-9-6-10-16(13-15)20-17(24)12-11-14-7-4-3-5-8-14/h3-13H,1-2H3,(H,20,24)/b12-11-. The average molecular weight is 350 g/mol. The molecule has 0 saturated carbocycles. The van der Waals surface area contributed by atoms with Crippen LogP contribution in [0.4, 0.5) is 5.69 Å². The quantitative estimate of drug-likeness (QED) is 0.561. The van der Waals surface area contributed by atoms with Gasteiger partial charge in [-0.3, -0.25) is 4.79 Å². The van der Waals surface area contributed by atoms with Crippen LogP contribution in [0.3, 0.4) is 0 Å². The van der Waals surface area contributed by atoms with Crippen molar-refractivity contribution in [2.75, 3.05) is 11.6 Å².